The number of halogens is 3. The lowest BCUT2D eigenvalue weighted by Crippen LogP contribution is -2.49. The van der Waals surface area contributed by atoms with Crippen LogP contribution in [0.2, 0.25) is 0 Å². The Labute approximate surface area is 121 Å². The molecule has 0 bridgehead atoms. The summed E-state index contributed by atoms with van der Waals surface area (Å²) in [5.41, 5.74) is -2.00. The molecule has 1 amide bonds. The van der Waals surface area contributed by atoms with E-state index in [4.69, 9.17) is 5.26 Å². The molecule has 0 saturated carbocycles. The largest absolute Gasteiger partial charge is 0.416 e. The third-order valence-corrected chi connectivity index (χ3v) is 2.90. The first-order valence-electron chi connectivity index (χ1n) is 6.29. The summed E-state index contributed by atoms with van der Waals surface area (Å²) in [7, 11) is 0. The average molecular weight is 299 g/mol. The fourth-order valence-electron chi connectivity index (χ4n) is 1.72. The number of hydrogen-bond acceptors (Lipinski definition) is 3. The second kappa shape index (κ2) is 6.14. The van der Waals surface area contributed by atoms with Gasteiger partial charge in [-0.2, -0.15) is 18.4 Å². The Morgan fingerprint density at radius 1 is 1.33 bits per heavy atom. The second-order valence-electron chi connectivity index (χ2n) is 4.98. The van der Waals surface area contributed by atoms with Crippen molar-refractivity contribution in [2.24, 2.45) is 0 Å². The molecule has 4 nitrogen and oxygen atoms in total. The molecule has 0 heterocycles. The highest BCUT2D eigenvalue weighted by Gasteiger charge is 2.32. The van der Waals surface area contributed by atoms with Gasteiger partial charge < -0.3 is 10.6 Å². The Balaban J connectivity index is 3.06. The van der Waals surface area contributed by atoms with E-state index in [-0.39, 0.29) is 11.3 Å². The predicted octanol–water partition coefficient (Wildman–Crippen LogP) is 2.90. The van der Waals surface area contributed by atoms with Crippen LogP contribution in [-0.2, 0) is 11.0 Å². The Morgan fingerprint density at radius 2 is 1.95 bits per heavy atom. The number of anilines is 1. The van der Waals surface area contributed by atoms with E-state index in [0.29, 0.717) is 6.54 Å². The summed E-state index contributed by atoms with van der Waals surface area (Å²) in [5, 5.41) is 14.4. The summed E-state index contributed by atoms with van der Waals surface area (Å²) in [4.78, 5) is 12.1. The smallest absolute Gasteiger partial charge is 0.323 e. The van der Waals surface area contributed by atoms with Gasteiger partial charge in [0.15, 0.2) is 0 Å². The van der Waals surface area contributed by atoms with E-state index in [0.717, 1.165) is 18.2 Å². The van der Waals surface area contributed by atoms with Crippen LogP contribution in [0.3, 0.4) is 0 Å². The number of nitrogens with one attached hydrogen (secondary N) is 2. The number of rotatable bonds is 4. The fraction of sp³-hybridized carbons (Fsp3) is 0.429. The van der Waals surface area contributed by atoms with Crippen molar-refractivity contribution in [1.82, 2.24) is 5.32 Å². The third kappa shape index (κ3) is 4.20. The van der Waals surface area contributed by atoms with Crippen molar-refractivity contribution in [3.8, 4) is 6.07 Å². The number of alkyl halides is 3. The fourth-order valence-corrected chi connectivity index (χ4v) is 1.72. The van der Waals surface area contributed by atoms with Crippen LogP contribution in [0.1, 0.15) is 31.9 Å². The Hall–Kier alpha value is -2.07. The molecule has 2 N–H and O–H groups in total. The number of benzene rings is 1. The van der Waals surface area contributed by atoms with E-state index in [1.807, 2.05) is 6.92 Å². The molecule has 0 unspecified atom stereocenters. The van der Waals surface area contributed by atoms with Gasteiger partial charge in [0, 0.05) is 0 Å². The van der Waals surface area contributed by atoms with Crippen LogP contribution in [-0.4, -0.2) is 18.0 Å². The molecule has 7 heteroatoms. The summed E-state index contributed by atoms with van der Waals surface area (Å²) in [6.45, 7) is 5.66. The molecule has 0 saturated heterocycles. The molecule has 1 aromatic rings. The van der Waals surface area contributed by atoms with Crippen molar-refractivity contribution in [3.05, 3.63) is 29.3 Å². The van der Waals surface area contributed by atoms with Gasteiger partial charge in [-0.3, -0.25) is 4.79 Å². The van der Waals surface area contributed by atoms with Crippen molar-refractivity contribution in [1.29, 1.82) is 5.26 Å². The molecule has 0 aliphatic rings. The highest BCUT2D eigenvalue weighted by atomic mass is 19.4. The van der Waals surface area contributed by atoms with Gasteiger partial charge in [-0.05, 0) is 38.6 Å². The summed E-state index contributed by atoms with van der Waals surface area (Å²) in [5.74, 6) is -0.430. The third-order valence-electron chi connectivity index (χ3n) is 2.90. The maximum Gasteiger partial charge on any atom is 0.416 e. The van der Waals surface area contributed by atoms with Crippen LogP contribution < -0.4 is 10.6 Å². The van der Waals surface area contributed by atoms with E-state index >= 15 is 0 Å². The zero-order valence-electron chi connectivity index (χ0n) is 11.9. The highest BCUT2D eigenvalue weighted by molar-refractivity contribution is 5.98. The topological polar surface area (TPSA) is 64.9 Å². The van der Waals surface area contributed by atoms with Gasteiger partial charge >= 0.3 is 6.18 Å². The zero-order valence-corrected chi connectivity index (χ0v) is 11.9. The summed E-state index contributed by atoms with van der Waals surface area (Å²) in [6, 6.07) is 4.29. The maximum absolute atomic E-state index is 12.6. The first kappa shape index (κ1) is 17.0. The van der Waals surface area contributed by atoms with Gasteiger partial charge in [-0.25, -0.2) is 0 Å². The molecule has 0 radical (unpaired) electrons. The normalized spacial score (nSPS) is 11.9. The van der Waals surface area contributed by atoms with Crippen molar-refractivity contribution >= 4 is 11.6 Å². The molecule has 1 rings (SSSR count). The predicted molar refractivity (Wildman–Crippen MR) is 72.5 cm³/mol. The van der Waals surface area contributed by atoms with Crippen LogP contribution >= 0.6 is 0 Å². The number of nitriles is 1. The van der Waals surface area contributed by atoms with Gasteiger partial charge in [0.25, 0.3) is 0 Å². The molecule has 0 fully saturated rings. The minimum absolute atomic E-state index is 0.0569. The zero-order chi connectivity index (χ0) is 16.3. The van der Waals surface area contributed by atoms with Gasteiger partial charge in [0.1, 0.15) is 6.07 Å². The van der Waals surface area contributed by atoms with E-state index in [9.17, 15) is 18.0 Å². The first-order chi connectivity index (χ1) is 9.61. The molecule has 0 aromatic heterocycles. The molecule has 114 valence electrons. The Bertz CT molecular complexity index is 574. The SMILES string of the molecule is CCNC(C)(C)C(=O)Nc1ccc(C(F)(F)F)cc1C#N. The van der Waals surface area contributed by atoms with Crippen molar-refractivity contribution < 1.29 is 18.0 Å². The number of carbonyl (C=O) groups is 1. The molecule has 0 aliphatic carbocycles. The van der Waals surface area contributed by atoms with E-state index in [1.165, 1.54) is 0 Å². The maximum atomic E-state index is 12.6. The molecule has 0 aliphatic heterocycles. The van der Waals surface area contributed by atoms with Gasteiger partial charge in [-0.1, -0.05) is 6.92 Å². The van der Waals surface area contributed by atoms with Crippen molar-refractivity contribution in [2.75, 3.05) is 11.9 Å². The number of amides is 1. The number of nitrogens with zero attached hydrogens (tertiary/aromatic N) is 1. The molecule has 21 heavy (non-hydrogen) atoms. The van der Waals surface area contributed by atoms with E-state index in [1.54, 1.807) is 19.9 Å². The quantitative estimate of drug-likeness (QED) is 0.898. The lowest BCUT2D eigenvalue weighted by atomic mass is 10.0. The number of likely N-dealkylation sites (N-methyl/N-ethyl adjacent to an activating group) is 1. The summed E-state index contributed by atoms with van der Waals surface area (Å²) >= 11 is 0. The monoisotopic (exact) mass is 299 g/mol. The summed E-state index contributed by atoms with van der Waals surface area (Å²) in [6.07, 6.45) is -4.53. The molecule has 0 spiro atoms. The lowest BCUT2D eigenvalue weighted by molar-refractivity contribution is -0.137. The van der Waals surface area contributed by atoms with Gasteiger partial charge in [0.2, 0.25) is 5.91 Å². The number of hydrogen-bond donors (Lipinski definition) is 2. The molecular weight excluding hydrogens is 283 g/mol. The van der Waals surface area contributed by atoms with Crippen LogP contribution in [0, 0.1) is 11.3 Å². The van der Waals surface area contributed by atoms with E-state index in [2.05, 4.69) is 10.6 Å². The summed E-state index contributed by atoms with van der Waals surface area (Å²) < 4.78 is 37.7. The van der Waals surface area contributed by atoms with Crippen LogP contribution in [0.4, 0.5) is 18.9 Å². The second-order valence-corrected chi connectivity index (χ2v) is 4.98. The number of carbonyl (C=O) groups excluding carboxylic acids is 1. The Kier molecular flexibility index (Phi) is 4.97. The van der Waals surface area contributed by atoms with Gasteiger partial charge in [-0.15, -0.1) is 0 Å². The molecule has 0 atom stereocenters. The minimum atomic E-state index is -4.53. The lowest BCUT2D eigenvalue weighted by Gasteiger charge is -2.24. The standard InChI is InChI=1S/C14H16F3N3O/c1-4-19-13(2,3)12(21)20-11-6-5-10(14(15,16)17)7-9(11)8-18/h5-7,19H,4H2,1-3H3,(H,20,21). The van der Waals surface area contributed by atoms with Crippen molar-refractivity contribution in [2.45, 2.75) is 32.5 Å². The van der Waals surface area contributed by atoms with Crippen LogP contribution in [0.25, 0.3) is 0 Å². The minimum Gasteiger partial charge on any atom is -0.323 e. The van der Waals surface area contributed by atoms with Crippen LogP contribution in [0.5, 0.6) is 0 Å². The van der Waals surface area contributed by atoms with Crippen molar-refractivity contribution in [3.63, 3.8) is 0 Å². The highest BCUT2D eigenvalue weighted by Crippen LogP contribution is 2.31. The van der Waals surface area contributed by atoms with Gasteiger partial charge in [0.05, 0.1) is 22.4 Å². The Morgan fingerprint density at radius 3 is 2.43 bits per heavy atom. The molecular formula is C14H16F3N3O. The average Bonchev–Trinajstić information content (AvgIpc) is 2.37. The molecule has 1 aromatic carbocycles. The van der Waals surface area contributed by atoms with E-state index < -0.39 is 23.2 Å². The van der Waals surface area contributed by atoms with Crippen LogP contribution in [0.15, 0.2) is 18.2 Å². The first-order valence-corrected chi connectivity index (χ1v) is 6.29.